The molecule has 6 nitrogen and oxygen atoms in total. The molecule has 0 rings (SSSR count). The van der Waals surface area contributed by atoms with Crippen molar-refractivity contribution in [2.45, 2.75) is 165 Å². The van der Waals surface area contributed by atoms with Crippen molar-refractivity contribution in [2.24, 2.45) is 5.41 Å². The molecule has 0 aliphatic carbocycles. The van der Waals surface area contributed by atoms with Gasteiger partial charge in [0.25, 0.3) is 0 Å². The molecule has 0 heterocycles. The highest BCUT2D eigenvalue weighted by Gasteiger charge is 2.82. The van der Waals surface area contributed by atoms with Crippen molar-refractivity contribution in [1.82, 2.24) is 0 Å². The number of ether oxygens (including phenoxy) is 5. The summed E-state index contributed by atoms with van der Waals surface area (Å²) in [5, 5.41) is 0. The average Bonchev–Trinajstić information content (AvgIpc) is 3.11. The lowest BCUT2D eigenvalue weighted by Crippen LogP contribution is -2.62. The van der Waals surface area contributed by atoms with Crippen molar-refractivity contribution in [3.63, 3.8) is 0 Å². The SMILES string of the molecule is CCC(C)(C)C(=O)OCCCC(C)(OCCCCO/C(C)=C(/C(C)(F)C(F)(F)F)C(F)(C(F)(F)F)C(F)(F)F)OCCCCO/C(=C(\C(C)(F)C(F)(F)F)C(F)(C(F)(F)F)C(F)(F)F)C(F)(F)F. The Morgan fingerprint density at radius 1 is 0.412 bits per heavy atom. The molecule has 0 aromatic carbocycles. The number of esters is 1. The highest BCUT2D eigenvalue weighted by Crippen LogP contribution is 2.60. The minimum Gasteiger partial charge on any atom is -0.498 e. The predicted molar refractivity (Wildman–Crippen MR) is 184 cm³/mol. The molecule has 0 aromatic rings. The molecule has 0 saturated heterocycles. The summed E-state index contributed by atoms with van der Waals surface area (Å²) in [6, 6.07) is 0. The van der Waals surface area contributed by atoms with E-state index >= 15 is 0 Å². The molecular formula is C37H45F25O6. The summed E-state index contributed by atoms with van der Waals surface area (Å²) in [6.45, 7) is -0.999. The molecule has 0 amide bonds. The molecule has 3 unspecified atom stereocenters. The van der Waals surface area contributed by atoms with E-state index in [0.717, 1.165) is 6.92 Å². The van der Waals surface area contributed by atoms with Crippen LogP contribution in [0.3, 0.4) is 0 Å². The highest BCUT2D eigenvalue weighted by molar-refractivity contribution is 5.75. The third kappa shape index (κ3) is 15.1. The summed E-state index contributed by atoms with van der Waals surface area (Å²) in [6.07, 6.45) is -53.2. The Morgan fingerprint density at radius 3 is 1.07 bits per heavy atom. The second-order valence-electron chi connectivity index (χ2n) is 15.9. The Hall–Kier alpha value is -3.28. The zero-order valence-electron chi connectivity index (χ0n) is 36.4. The monoisotopic (exact) mass is 1060 g/mol. The van der Waals surface area contributed by atoms with Crippen LogP contribution in [0.5, 0.6) is 0 Å². The summed E-state index contributed by atoms with van der Waals surface area (Å²) in [4.78, 5) is 12.3. The van der Waals surface area contributed by atoms with Crippen LogP contribution in [0.2, 0.25) is 0 Å². The molecule has 0 saturated carbocycles. The summed E-state index contributed by atoms with van der Waals surface area (Å²) in [5.74, 6) is -8.74. The molecule has 0 fully saturated rings. The zero-order valence-corrected chi connectivity index (χ0v) is 36.4. The van der Waals surface area contributed by atoms with Crippen LogP contribution in [0.1, 0.15) is 93.4 Å². The van der Waals surface area contributed by atoms with Gasteiger partial charge in [0, 0.05) is 6.42 Å². The first-order valence-electron chi connectivity index (χ1n) is 19.3. The van der Waals surface area contributed by atoms with Crippen LogP contribution < -0.4 is 0 Å². The molecule has 3 atom stereocenters. The predicted octanol–water partition coefficient (Wildman–Crippen LogP) is 14.4. The highest BCUT2D eigenvalue weighted by atomic mass is 19.5. The lowest BCUT2D eigenvalue weighted by molar-refractivity contribution is -0.339. The fourth-order valence-corrected chi connectivity index (χ4v) is 5.60. The number of unbranched alkanes of at least 4 members (excludes halogenated alkanes) is 2. The molecule has 0 radical (unpaired) electrons. The van der Waals surface area contributed by atoms with E-state index in [4.69, 9.17) is 14.2 Å². The van der Waals surface area contributed by atoms with E-state index in [0.29, 0.717) is 6.42 Å². The first-order valence-corrected chi connectivity index (χ1v) is 19.3. The van der Waals surface area contributed by atoms with E-state index in [1.165, 1.54) is 13.8 Å². The van der Waals surface area contributed by atoms with Gasteiger partial charge in [0.1, 0.15) is 0 Å². The van der Waals surface area contributed by atoms with Gasteiger partial charge in [-0.3, -0.25) is 4.79 Å². The molecular weight excluding hydrogens is 1020 g/mol. The molecule has 0 aliphatic heterocycles. The average molecular weight is 1060 g/mol. The largest absolute Gasteiger partial charge is 0.498 e. The minimum atomic E-state index is -7.70. The van der Waals surface area contributed by atoms with Gasteiger partial charge >= 0.3 is 60.5 Å². The van der Waals surface area contributed by atoms with Crippen molar-refractivity contribution >= 4 is 5.97 Å². The Bertz CT molecular complexity index is 1670. The maximum atomic E-state index is 14.9. The number of carbonyl (C=O) groups is 1. The van der Waals surface area contributed by atoms with Gasteiger partial charge in [-0.1, -0.05) is 6.92 Å². The van der Waals surface area contributed by atoms with Gasteiger partial charge in [0.15, 0.2) is 5.79 Å². The summed E-state index contributed by atoms with van der Waals surface area (Å²) in [7, 11) is 0. The second kappa shape index (κ2) is 22.0. The van der Waals surface area contributed by atoms with E-state index < -0.39 is 172 Å². The van der Waals surface area contributed by atoms with Gasteiger partial charge < -0.3 is 23.7 Å². The van der Waals surface area contributed by atoms with Crippen LogP contribution in [0.15, 0.2) is 22.7 Å². The topological polar surface area (TPSA) is 63.2 Å². The van der Waals surface area contributed by atoms with Crippen LogP contribution in [-0.4, -0.2) is 111 Å². The fraction of sp³-hybridized carbons (Fsp3) is 0.865. The molecule has 0 N–H and O–H groups in total. The van der Waals surface area contributed by atoms with Crippen molar-refractivity contribution < 1.29 is 138 Å². The maximum Gasteiger partial charge on any atom is 0.449 e. The number of alkyl halides is 25. The second-order valence-corrected chi connectivity index (χ2v) is 15.9. The maximum absolute atomic E-state index is 14.9. The number of halogens is 25. The van der Waals surface area contributed by atoms with Gasteiger partial charge in [0.2, 0.25) is 17.1 Å². The third-order valence-electron chi connectivity index (χ3n) is 9.99. The Kier molecular flexibility index (Phi) is 20.9. The molecule has 31 heteroatoms. The standard InChI is InChI=1S/C37H45F25O6/c1-8-25(3,4)24(63)66-17-13-14-26(5,67-18-11-9-15-64-20(2)21(27(6,38)32(45,46)47)29(40,34(51,52)53)35(54,55)56)68-19-12-10-16-65-23(31(42,43)44)22(28(7,39)33(48,49)50)30(41,36(57,58)59)37(60,61)62/h8-19H2,1-7H3/b21-20-,23-22+. The van der Waals surface area contributed by atoms with Gasteiger partial charge in [0.05, 0.1) is 55.4 Å². The van der Waals surface area contributed by atoms with E-state index in [1.54, 1.807) is 6.92 Å². The van der Waals surface area contributed by atoms with Crippen molar-refractivity contribution in [2.75, 3.05) is 33.0 Å². The number of rotatable bonds is 24. The first-order chi connectivity index (χ1) is 29.9. The summed E-state index contributed by atoms with van der Waals surface area (Å²) >= 11 is 0. The van der Waals surface area contributed by atoms with E-state index in [1.807, 2.05) is 0 Å². The molecule has 0 spiro atoms. The summed E-state index contributed by atoms with van der Waals surface area (Å²) < 4.78 is 367. The molecule has 0 bridgehead atoms. The zero-order chi connectivity index (χ0) is 54.4. The fourth-order valence-electron chi connectivity index (χ4n) is 5.60. The van der Waals surface area contributed by atoms with Gasteiger partial charge in [-0.05, 0) is 80.1 Å². The molecule has 404 valence electrons. The number of hydrogen-bond donors (Lipinski definition) is 0. The van der Waals surface area contributed by atoms with Crippen LogP contribution in [0.25, 0.3) is 0 Å². The smallest absolute Gasteiger partial charge is 0.449 e. The Labute approximate surface area is 370 Å². The molecule has 0 aliphatic rings. The molecule has 0 aromatic heterocycles. The van der Waals surface area contributed by atoms with E-state index in [-0.39, 0.29) is 26.4 Å². The number of allylic oxidation sites excluding steroid dienone is 4. The van der Waals surface area contributed by atoms with Crippen LogP contribution in [-0.2, 0) is 28.5 Å². The lowest BCUT2D eigenvalue weighted by Gasteiger charge is -2.39. The van der Waals surface area contributed by atoms with Crippen LogP contribution in [0, 0.1) is 5.41 Å². The Balaban J connectivity index is 6.50. The van der Waals surface area contributed by atoms with Crippen molar-refractivity contribution in [1.29, 1.82) is 0 Å². The van der Waals surface area contributed by atoms with Crippen molar-refractivity contribution in [3.8, 4) is 0 Å². The normalized spacial score (nSPS) is 17.9. The van der Waals surface area contributed by atoms with Gasteiger partial charge in [-0.2, -0.15) is 92.2 Å². The van der Waals surface area contributed by atoms with Crippen molar-refractivity contribution in [3.05, 3.63) is 22.7 Å². The lowest BCUT2D eigenvalue weighted by atomic mass is 9.81. The minimum absolute atomic E-state index is 0.00932. The quantitative estimate of drug-likeness (QED) is 0.0316. The Morgan fingerprint density at radius 2 is 0.735 bits per heavy atom. The number of carbonyl (C=O) groups excluding carboxylic acids is 1. The third-order valence-corrected chi connectivity index (χ3v) is 9.99. The summed E-state index contributed by atoms with van der Waals surface area (Å²) in [5.41, 5.74) is -35.6. The van der Waals surface area contributed by atoms with Gasteiger partial charge in [-0.25, -0.2) is 17.6 Å². The first kappa shape index (κ1) is 64.7. The van der Waals surface area contributed by atoms with Crippen LogP contribution >= 0.6 is 0 Å². The number of hydrogen-bond acceptors (Lipinski definition) is 6. The van der Waals surface area contributed by atoms with Crippen LogP contribution in [0.4, 0.5) is 110 Å². The van der Waals surface area contributed by atoms with Gasteiger partial charge in [-0.15, -0.1) is 0 Å². The van der Waals surface area contributed by atoms with E-state index in [9.17, 15) is 115 Å². The molecule has 68 heavy (non-hydrogen) atoms. The van der Waals surface area contributed by atoms with E-state index in [2.05, 4.69) is 9.47 Å².